The Morgan fingerprint density at radius 1 is 0.716 bits per heavy atom. The predicted molar refractivity (Wildman–Crippen MR) is 252 cm³/mol. The Bertz CT molecular complexity index is 3500. The number of rotatable bonds is 14. The minimum atomic E-state index is -0.609. The number of aromatic nitrogens is 12. The van der Waals surface area contributed by atoms with Gasteiger partial charge in [-0.05, 0) is 74.6 Å². The van der Waals surface area contributed by atoms with Crippen LogP contribution in [0, 0.1) is 6.92 Å². The van der Waals surface area contributed by atoms with Gasteiger partial charge in [0.15, 0.2) is 11.6 Å². The first kappa shape index (κ1) is 43.1. The second kappa shape index (κ2) is 17.5. The number of hydrogen-bond acceptors (Lipinski definition) is 18. The van der Waals surface area contributed by atoms with Crippen molar-refractivity contribution in [2.24, 2.45) is 0 Å². The number of fused-ring (bicyclic) bond motifs is 2. The van der Waals surface area contributed by atoms with Crippen LogP contribution in [-0.4, -0.2) is 59.3 Å². The molecule has 2 atom stereocenters. The van der Waals surface area contributed by atoms with E-state index in [1.807, 2.05) is 32.0 Å². The molecule has 9 aromatic rings. The Labute approximate surface area is 389 Å². The van der Waals surface area contributed by atoms with Crippen LogP contribution in [-0.2, 0) is 6.42 Å². The molecular weight excluding hydrogens is 900 g/mol. The van der Waals surface area contributed by atoms with Crippen LogP contribution in [0.3, 0.4) is 0 Å². The van der Waals surface area contributed by atoms with E-state index in [0.29, 0.717) is 80.5 Å². The molecule has 0 amide bonds. The first-order chi connectivity index (χ1) is 32.5. The van der Waals surface area contributed by atoms with E-state index in [1.54, 1.807) is 54.0 Å². The van der Waals surface area contributed by atoms with Gasteiger partial charge in [0.25, 0.3) is 22.9 Å². The molecule has 0 bridgehead atoms. The third-order valence-electron chi connectivity index (χ3n) is 11.5. The maximum absolute atomic E-state index is 14.7. The van der Waals surface area contributed by atoms with Crippen molar-refractivity contribution < 1.29 is 9.05 Å². The highest BCUT2D eigenvalue weighted by molar-refractivity contribution is 6.35. The second-order valence-corrected chi connectivity index (χ2v) is 16.8. The van der Waals surface area contributed by atoms with Crippen LogP contribution in [0.4, 0.5) is 23.3 Å². The summed E-state index contributed by atoms with van der Waals surface area (Å²) in [5, 5.41) is 16.3. The van der Waals surface area contributed by atoms with Gasteiger partial charge in [-0.3, -0.25) is 18.7 Å². The molecule has 1 aliphatic rings. The van der Waals surface area contributed by atoms with Crippen molar-refractivity contribution in [3.63, 3.8) is 0 Å². The quantitative estimate of drug-likeness (QED) is 0.0816. The molecule has 3 aromatic carbocycles. The molecule has 10 rings (SSSR count). The Morgan fingerprint density at radius 3 is 1.88 bits per heavy atom. The van der Waals surface area contributed by atoms with Crippen LogP contribution in [0.1, 0.15) is 86.5 Å². The Kier molecular flexibility index (Phi) is 11.3. The van der Waals surface area contributed by atoms with Crippen molar-refractivity contribution in [1.29, 1.82) is 0 Å². The summed E-state index contributed by atoms with van der Waals surface area (Å²) in [6.45, 7) is 5.61. The number of nitrogen functional groups attached to an aromatic ring is 2. The summed E-state index contributed by atoms with van der Waals surface area (Å²) in [6.07, 6.45) is 5.53. The summed E-state index contributed by atoms with van der Waals surface area (Å²) in [7, 11) is 0. The summed E-state index contributed by atoms with van der Waals surface area (Å²) in [6, 6.07) is 16.6. The molecule has 6 aromatic heterocycles. The SMILES string of the molecule is CC[C@H](Nc1ncnc(N)c1-c1nc(C)no1)c1nc2cccc(Cl)c2c(=O)n1-c1cccc(Cc2noc(-c3c(N)ncnc3N[C@@H](CC)c3nc4cccc(Cl)c4c(=O)n3C3CC3)n2)c1. The van der Waals surface area contributed by atoms with Gasteiger partial charge < -0.3 is 31.1 Å². The highest BCUT2D eigenvalue weighted by Gasteiger charge is 2.33. The van der Waals surface area contributed by atoms with Gasteiger partial charge >= 0.3 is 0 Å². The van der Waals surface area contributed by atoms with Gasteiger partial charge in [-0.15, -0.1) is 0 Å². The highest BCUT2D eigenvalue weighted by Crippen LogP contribution is 2.39. The number of halogens is 2. The Balaban J connectivity index is 0.983. The summed E-state index contributed by atoms with van der Waals surface area (Å²) < 4.78 is 14.5. The van der Waals surface area contributed by atoms with E-state index in [2.05, 4.69) is 45.9 Å². The average molecular weight is 940 g/mol. The molecule has 22 heteroatoms. The first-order valence-corrected chi connectivity index (χ1v) is 22.2. The third kappa shape index (κ3) is 8.03. The lowest BCUT2D eigenvalue weighted by atomic mass is 10.1. The zero-order chi connectivity index (χ0) is 46.5. The summed E-state index contributed by atoms with van der Waals surface area (Å²) in [4.78, 5) is 65.0. The van der Waals surface area contributed by atoms with Gasteiger partial charge in [-0.25, -0.2) is 29.9 Å². The zero-order valence-electron chi connectivity index (χ0n) is 36.1. The van der Waals surface area contributed by atoms with Gasteiger partial charge in [0, 0.05) is 12.5 Å². The van der Waals surface area contributed by atoms with Gasteiger partial charge in [0.2, 0.25) is 0 Å². The molecule has 0 aliphatic heterocycles. The van der Waals surface area contributed by atoms with Gasteiger partial charge in [0.1, 0.15) is 58.7 Å². The van der Waals surface area contributed by atoms with Crippen molar-refractivity contribution in [3.8, 4) is 28.6 Å². The lowest BCUT2D eigenvalue weighted by Gasteiger charge is -2.23. The van der Waals surface area contributed by atoms with Gasteiger partial charge in [-0.1, -0.05) is 71.6 Å². The molecular formula is C45H40Cl2N16O4. The summed E-state index contributed by atoms with van der Waals surface area (Å²) >= 11 is 13.2. The number of nitrogens with two attached hydrogens (primary N) is 2. The van der Waals surface area contributed by atoms with E-state index in [4.69, 9.17) is 58.7 Å². The molecule has 338 valence electrons. The first-order valence-electron chi connectivity index (χ1n) is 21.4. The van der Waals surface area contributed by atoms with Crippen LogP contribution in [0.2, 0.25) is 10.0 Å². The van der Waals surface area contributed by atoms with E-state index in [1.165, 1.54) is 17.2 Å². The van der Waals surface area contributed by atoms with Crippen LogP contribution < -0.4 is 33.2 Å². The summed E-state index contributed by atoms with van der Waals surface area (Å²) in [5.74, 6) is 2.68. The van der Waals surface area contributed by atoms with Crippen molar-refractivity contribution in [2.45, 2.75) is 71.0 Å². The minimum absolute atomic E-state index is 0.00846. The van der Waals surface area contributed by atoms with E-state index in [-0.39, 0.29) is 63.0 Å². The Hall–Kier alpha value is -7.84. The molecule has 1 saturated carbocycles. The normalized spacial score (nSPS) is 13.6. The Morgan fingerprint density at radius 2 is 1.28 bits per heavy atom. The molecule has 0 saturated heterocycles. The smallest absolute Gasteiger partial charge is 0.267 e. The fourth-order valence-corrected chi connectivity index (χ4v) is 8.62. The van der Waals surface area contributed by atoms with Crippen LogP contribution in [0.25, 0.3) is 50.4 Å². The largest absolute Gasteiger partial charge is 0.383 e. The monoisotopic (exact) mass is 938 g/mol. The van der Waals surface area contributed by atoms with Crippen LogP contribution >= 0.6 is 23.2 Å². The van der Waals surface area contributed by atoms with Gasteiger partial charge in [-0.2, -0.15) is 9.97 Å². The fourth-order valence-electron chi connectivity index (χ4n) is 8.12. The summed E-state index contributed by atoms with van der Waals surface area (Å²) in [5.41, 5.74) is 15.0. The van der Waals surface area contributed by atoms with Crippen molar-refractivity contribution in [2.75, 3.05) is 22.1 Å². The van der Waals surface area contributed by atoms with Crippen molar-refractivity contribution >= 4 is 68.3 Å². The molecule has 1 fully saturated rings. The lowest BCUT2D eigenvalue weighted by Crippen LogP contribution is -2.29. The maximum atomic E-state index is 14.7. The lowest BCUT2D eigenvalue weighted by molar-refractivity contribution is 0.424. The fraction of sp³-hybridized carbons (Fsp3) is 0.244. The molecule has 67 heavy (non-hydrogen) atoms. The number of benzene rings is 3. The van der Waals surface area contributed by atoms with E-state index >= 15 is 0 Å². The van der Waals surface area contributed by atoms with Gasteiger partial charge in [0.05, 0.1) is 49.6 Å². The molecule has 0 radical (unpaired) electrons. The predicted octanol–water partition coefficient (Wildman–Crippen LogP) is 7.61. The van der Waals surface area contributed by atoms with Crippen LogP contribution in [0.5, 0.6) is 0 Å². The molecule has 6 heterocycles. The number of aryl methyl sites for hydroxylation is 1. The van der Waals surface area contributed by atoms with Crippen molar-refractivity contribution in [1.82, 2.24) is 59.3 Å². The molecule has 0 unspecified atom stereocenters. The zero-order valence-corrected chi connectivity index (χ0v) is 37.6. The van der Waals surface area contributed by atoms with Crippen LogP contribution in [0.15, 0.2) is 92.0 Å². The topological polar surface area (TPSA) is 275 Å². The third-order valence-corrected chi connectivity index (χ3v) is 12.1. The molecule has 6 N–H and O–H groups in total. The van der Waals surface area contributed by atoms with E-state index in [9.17, 15) is 9.59 Å². The minimum Gasteiger partial charge on any atom is -0.383 e. The van der Waals surface area contributed by atoms with Crippen molar-refractivity contribution in [3.05, 3.63) is 133 Å². The van der Waals surface area contributed by atoms with E-state index in [0.717, 1.165) is 18.4 Å². The van der Waals surface area contributed by atoms with E-state index < -0.39 is 12.1 Å². The standard InChI is InChI=1S/C45H40Cl2N16O4/c1-4-27(40-57-29-13-7-11-25(46)32(29)44(64)62(40)23-15-16-23)55-39-35(37(49)51-20-53-39)43-59-31(61-67-43)18-22-9-6-10-24(17-22)63-41(58-30-14-8-12-26(47)33(30)45(63)65)28(5-2)56-38-34(36(48)50-19-52-38)42-54-21(3)60-66-42/h6-14,17,19-20,23,27-28H,4-5,15-16,18H2,1-3H3,(H3,48,50,52,56)(H3,49,51,53,55)/t27-,28-/m0/s1. The molecule has 0 spiro atoms. The highest BCUT2D eigenvalue weighted by atomic mass is 35.5. The number of anilines is 4. The second-order valence-electron chi connectivity index (χ2n) is 15.9. The number of nitrogens with zero attached hydrogens (tertiary/aromatic N) is 12. The molecule has 20 nitrogen and oxygen atoms in total. The number of nitrogens with one attached hydrogen (secondary N) is 2. The number of hydrogen-bond donors (Lipinski definition) is 4. The maximum Gasteiger partial charge on any atom is 0.267 e. The molecule has 1 aliphatic carbocycles. The average Bonchev–Trinajstić information content (AvgIpc) is 3.90.